The summed E-state index contributed by atoms with van der Waals surface area (Å²) in [5.74, 6) is -2.43. The molecule has 0 fully saturated rings. The number of nitrogens with zero attached hydrogens (tertiary/aromatic N) is 4. The van der Waals surface area contributed by atoms with Gasteiger partial charge in [0.05, 0.1) is 22.4 Å². The molecule has 0 saturated carbocycles. The van der Waals surface area contributed by atoms with Gasteiger partial charge in [0.1, 0.15) is 6.33 Å². The lowest BCUT2D eigenvalue weighted by atomic mass is 10.0. The van der Waals surface area contributed by atoms with Crippen LogP contribution in [0.3, 0.4) is 0 Å². The monoisotopic (exact) mass is 445 g/mol. The number of halogens is 7. The highest BCUT2D eigenvalue weighted by atomic mass is 19.4. The highest BCUT2D eigenvalue weighted by Crippen LogP contribution is 2.38. The number of hydrogen-bond acceptors (Lipinski definition) is 4. The summed E-state index contributed by atoms with van der Waals surface area (Å²) in [5.41, 5.74) is 1.12. The summed E-state index contributed by atoms with van der Waals surface area (Å²) in [5, 5.41) is 3.76. The van der Waals surface area contributed by atoms with E-state index in [4.69, 9.17) is 5.73 Å². The third-order valence-corrected chi connectivity index (χ3v) is 3.87. The topological polar surface area (TPSA) is 86.7 Å². The van der Waals surface area contributed by atoms with Crippen LogP contribution in [0.15, 0.2) is 42.7 Å². The molecule has 0 bridgehead atoms. The molecule has 0 aliphatic heterocycles. The zero-order valence-electron chi connectivity index (χ0n) is 15.0. The Bertz CT molecular complexity index is 1130. The number of amides is 1. The number of carbonyl (C=O) groups excluding carboxylic acids is 1. The van der Waals surface area contributed by atoms with Gasteiger partial charge < -0.3 is 5.73 Å². The van der Waals surface area contributed by atoms with Crippen molar-refractivity contribution in [2.75, 3.05) is 0 Å². The van der Waals surface area contributed by atoms with Crippen LogP contribution in [0.1, 0.15) is 16.8 Å². The zero-order valence-corrected chi connectivity index (χ0v) is 15.0. The Morgan fingerprint density at radius 1 is 1.00 bits per heavy atom. The Balaban J connectivity index is 2.07. The second kappa shape index (κ2) is 7.81. The number of pyridine rings is 1. The van der Waals surface area contributed by atoms with E-state index in [1.54, 1.807) is 0 Å². The van der Waals surface area contributed by atoms with E-state index in [9.17, 15) is 35.5 Å². The largest absolute Gasteiger partial charge is 0.416 e. The molecule has 1 amide bonds. The van der Waals surface area contributed by atoms with Crippen molar-refractivity contribution < 1.29 is 35.5 Å². The van der Waals surface area contributed by atoms with Gasteiger partial charge in [-0.2, -0.15) is 30.7 Å². The molecular formula is C18H10F7N5O. The molecule has 31 heavy (non-hydrogen) atoms. The molecule has 162 valence electrons. The second-order valence-electron chi connectivity index (χ2n) is 6.10. The molecule has 0 aliphatic rings. The van der Waals surface area contributed by atoms with Crippen molar-refractivity contribution >= 4 is 17.7 Å². The van der Waals surface area contributed by atoms with Gasteiger partial charge in [-0.1, -0.05) is 6.07 Å². The van der Waals surface area contributed by atoms with Gasteiger partial charge in [-0.05, 0) is 30.3 Å². The molecule has 0 radical (unpaired) electrons. The van der Waals surface area contributed by atoms with Crippen molar-refractivity contribution in [1.29, 1.82) is 0 Å². The Hall–Kier alpha value is -3.77. The van der Waals surface area contributed by atoms with Crippen molar-refractivity contribution in [3.05, 3.63) is 65.5 Å². The van der Waals surface area contributed by atoms with E-state index in [1.807, 2.05) is 0 Å². The first-order valence-electron chi connectivity index (χ1n) is 8.20. The molecule has 2 heterocycles. The summed E-state index contributed by atoms with van der Waals surface area (Å²) < 4.78 is 92.3. The lowest BCUT2D eigenvalue weighted by Gasteiger charge is -2.13. The van der Waals surface area contributed by atoms with Crippen LogP contribution in [-0.4, -0.2) is 25.7 Å². The third kappa shape index (κ3) is 5.05. The van der Waals surface area contributed by atoms with Gasteiger partial charge in [-0.25, -0.2) is 14.6 Å². The molecule has 0 unspecified atom stereocenters. The minimum Gasteiger partial charge on any atom is -0.365 e. The number of aromatic nitrogens is 4. The van der Waals surface area contributed by atoms with Crippen LogP contribution in [0.25, 0.3) is 23.2 Å². The molecule has 0 aliphatic carbocycles. The fourth-order valence-electron chi connectivity index (χ4n) is 2.50. The van der Waals surface area contributed by atoms with Crippen LogP contribution in [0.5, 0.6) is 0 Å². The average Bonchev–Trinajstić information content (AvgIpc) is 3.13. The molecule has 0 atom stereocenters. The maximum atomic E-state index is 13.3. The fourth-order valence-corrected chi connectivity index (χ4v) is 2.50. The predicted octanol–water partition coefficient (Wildman–Crippen LogP) is 4.00. The average molecular weight is 445 g/mol. The van der Waals surface area contributed by atoms with Crippen LogP contribution in [0.4, 0.5) is 30.7 Å². The van der Waals surface area contributed by atoms with E-state index in [-0.39, 0.29) is 17.3 Å². The lowest BCUT2D eigenvalue weighted by molar-refractivity contribution is -0.143. The Kier molecular flexibility index (Phi) is 5.53. The van der Waals surface area contributed by atoms with E-state index in [1.165, 1.54) is 12.1 Å². The number of nitrogens with two attached hydrogens (primary N) is 1. The fraction of sp³-hybridized carbons (Fsp3) is 0.111. The normalized spacial score (nSPS) is 12.8. The Morgan fingerprint density at radius 2 is 1.61 bits per heavy atom. The number of hydrogen-bond donors (Lipinski definition) is 1. The van der Waals surface area contributed by atoms with Gasteiger partial charge in [-0.3, -0.25) is 4.79 Å². The molecule has 6 nitrogen and oxygen atoms in total. The van der Waals surface area contributed by atoms with E-state index in [2.05, 4.69) is 15.1 Å². The minimum atomic E-state index is -5.04. The highest BCUT2D eigenvalue weighted by molar-refractivity contribution is 6.21. The van der Waals surface area contributed by atoms with E-state index < -0.39 is 46.7 Å². The number of alkyl halides is 6. The SMILES string of the molecule is NC(=O)C(=Cn1cnc(-c2cc(C(F)(F)F)cc(C(F)(F)F)c2)n1)c1cccc(F)n1. The first kappa shape index (κ1) is 21.9. The van der Waals surface area contributed by atoms with Gasteiger partial charge in [0.25, 0.3) is 5.91 Å². The number of rotatable bonds is 4. The van der Waals surface area contributed by atoms with E-state index in [0.717, 1.165) is 23.3 Å². The standard InChI is InChI=1S/C18H10F7N5O/c19-14-3-1-2-13(28-14)12(15(26)31)7-30-8-27-16(29-30)9-4-10(17(20,21)22)6-11(5-9)18(23,24)25/h1-8H,(H2,26,31). The molecule has 1 aromatic carbocycles. The molecule has 3 rings (SSSR count). The maximum Gasteiger partial charge on any atom is 0.416 e. The Labute approximate surface area is 168 Å². The number of benzene rings is 1. The van der Waals surface area contributed by atoms with Gasteiger partial charge in [0.15, 0.2) is 5.82 Å². The quantitative estimate of drug-likeness (QED) is 0.374. The molecular weight excluding hydrogens is 435 g/mol. The predicted molar refractivity (Wildman–Crippen MR) is 93.0 cm³/mol. The zero-order chi connectivity index (χ0) is 23.0. The molecule has 13 heteroatoms. The third-order valence-electron chi connectivity index (χ3n) is 3.87. The molecule has 3 aromatic rings. The first-order valence-corrected chi connectivity index (χ1v) is 8.20. The van der Waals surface area contributed by atoms with E-state index in [0.29, 0.717) is 12.1 Å². The number of carbonyl (C=O) groups is 1. The lowest BCUT2D eigenvalue weighted by Crippen LogP contribution is -2.15. The molecule has 2 N–H and O–H groups in total. The molecule has 0 saturated heterocycles. The summed E-state index contributed by atoms with van der Waals surface area (Å²) in [6.45, 7) is 0. The van der Waals surface area contributed by atoms with Crippen LogP contribution >= 0.6 is 0 Å². The summed E-state index contributed by atoms with van der Waals surface area (Å²) in [6, 6.07) is 4.43. The van der Waals surface area contributed by atoms with Gasteiger partial charge in [0.2, 0.25) is 5.95 Å². The summed E-state index contributed by atoms with van der Waals surface area (Å²) >= 11 is 0. The minimum absolute atomic E-state index is 0.0266. The van der Waals surface area contributed by atoms with Crippen molar-refractivity contribution in [2.45, 2.75) is 12.4 Å². The van der Waals surface area contributed by atoms with Crippen LogP contribution in [-0.2, 0) is 17.1 Å². The summed E-state index contributed by atoms with van der Waals surface area (Å²) in [7, 11) is 0. The van der Waals surface area contributed by atoms with Crippen molar-refractivity contribution in [3.8, 4) is 11.4 Å². The highest BCUT2D eigenvalue weighted by Gasteiger charge is 2.37. The van der Waals surface area contributed by atoms with Crippen molar-refractivity contribution in [2.24, 2.45) is 5.73 Å². The second-order valence-corrected chi connectivity index (χ2v) is 6.10. The van der Waals surface area contributed by atoms with Crippen LogP contribution < -0.4 is 5.73 Å². The smallest absolute Gasteiger partial charge is 0.365 e. The van der Waals surface area contributed by atoms with Crippen LogP contribution in [0, 0.1) is 5.95 Å². The van der Waals surface area contributed by atoms with Crippen molar-refractivity contribution in [3.63, 3.8) is 0 Å². The summed E-state index contributed by atoms with van der Waals surface area (Å²) in [6.07, 6.45) is -8.20. The first-order chi connectivity index (χ1) is 14.3. The molecule has 2 aromatic heterocycles. The van der Waals surface area contributed by atoms with E-state index >= 15 is 0 Å². The maximum absolute atomic E-state index is 13.3. The van der Waals surface area contributed by atoms with Crippen molar-refractivity contribution in [1.82, 2.24) is 19.7 Å². The summed E-state index contributed by atoms with van der Waals surface area (Å²) in [4.78, 5) is 18.9. The van der Waals surface area contributed by atoms with Gasteiger partial charge in [-0.15, -0.1) is 5.10 Å². The Morgan fingerprint density at radius 3 is 2.13 bits per heavy atom. The number of primary amides is 1. The molecule has 0 spiro atoms. The van der Waals surface area contributed by atoms with Gasteiger partial charge >= 0.3 is 12.4 Å². The van der Waals surface area contributed by atoms with Gasteiger partial charge in [0, 0.05) is 11.8 Å². The van der Waals surface area contributed by atoms with Crippen LogP contribution in [0.2, 0.25) is 0 Å².